The summed E-state index contributed by atoms with van der Waals surface area (Å²) in [6.45, 7) is 2.39. The Hall–Kier alpha value is -2.12. The maximum absolute atomic E-state index is 12.8. The van der Waals surface area contributed by atoms with Crippen molar-refractivity contribution in [1.82, 2.24) is 20.1 Å². The van der Waals surface area contributed by atoms with Gasteiger partial charge in [0, 0.05) is 24.2 Å². The van der Waals surface area contributed by atoms with Gasteiger partial charge in [0.2, 0.25) is 0 Å². The van der Waals surface area contributed by atoms with Crippen molar-refractivity contribution in [3.8, 4) is 5.75 Å². The molecular weight excluding hydrogens is 396 g/mol. The van der Waals surface area contributed by atoms with Crippen LogP contribution in [0.25, 0.3) is 10.9 Å². The molecule has 6 nitrogen and oxygen atoms in total. The zero-order valence-corrected chi connectivity index (χ0v) is 19.2. The standard InChI is InChI=1S/C23H34N4O2S/c1-26(2)13-7-12-24-23(30)27(19-8-5-4-6-9-19)16-18-14-17-10-11-20(29-3)15-21(17)25-22(18)28/h10-11,14-15,19H,4-9,12-13,16H2,1-3H3,(H,24,30)(H,25,28). The number of hydrogen-bond acceptors (Lipinski definition) is 4. The molecule has 0 amide bonds. The summed E-state index contributed by atoms with van der Waals surface area (Å²) in [4.78, 5) is 20.2. The molecule has 0 unspecified atom stereocenters. The van der Waals surface area contributed by atoms with Crippen molar-refractivity contribution in [2.24, 2.45) is 0 Å². The number of aromatic nitrogens is 1. The third-order valence-electron chi connectivity index (χ3n) is 5.81. The normalized spacial score (nSPS) is 14.8. The molecule has 0 spiro atoms. The Morgan fingerprint density at radius 2 is 2.00 bits per heavy atom. The molecule has 0 saturated heterocycles. The van der Waals surface area contributed by atoms with Crippen molar-refractivity contribution < 1.29 is 4.74 Å². The minimum atomic E-state index is -0.0630. The number of nitrogens with zero attached hydrogens (tertiary/aromatic N) is 2. The van der Waals surface area contributed by atoms with Gasteiger partial charge in [0.25, 0.3) is 5.56 Å². The molecule has 0 bridgehead atoms. The van der Waals surface area contributed by atoms with Crippen LogP contribution in [0.4, 0.5) is 0 Å². The van der Waals surface area contributed by atoms with Crippen molar-refractivity contribution in [3.63, 3.8) is 0 Å². The number of methoxy groups -OCH3 is 1. The smallest absolute Gasteiger partial charge is 0.253 e. The average molecular weight is 431 g/mol. The lowest BCUT2D eigenvalue weighted by Crippen LogP contribution is -2.47. The molecule has 0 radical (unpaired) electrons. The summed E-state index contributed by atoms with van der Waals surface area (Å²) < 4.78 is 5.27. The number of hydrogen-bond donors (Lipinski definition) is 2. The summed E-state index contributed by atoms with van der Waals surface area (Å²) in [5, 5.41) is 5.19. The second kappa shape index (κ2) is 10.8. The molecule has 1 saturated carbocycles. The summed E-state index contributed by atoms with van der Waals surface area (Å²) >= 11 is 5.78. The van der Waals surface area contributed by atoms with Gasteiger partial charge in [-0.25, -0.2) is 0 Å². The van der Waals surface area contributed by atoms with Gasteiger partial charge >= 0.3 is 0 Å². The predicted molar refractivity (Wildman–Crippen MR) is 127 cm³/mol. The molecule has 7 heteroatoms. The lowest BCUT2D eigenvalue weighted by molar-refractivity contribution is 0.234. The molecule has 2 N–H and O–H groups in total. The zero-order chi connectivity index (χ0) is 21.5. The van der Waals surface area contributed by atoms with Crippen LogP contribution >= 0.6 is 12.2 Å². The highest BCUT2D eigenvalue weighted by atomic mass is 32.1. The monoisotopic (exact) mass is 430 g/mol. The van der Waals surface area contributed by atoms with Crippen LogP contribution in [-0.4, -0.2) is 60.2 Å². The van der Waals surface area contributed by atoms with E-state index in [9.17, 15) is 4.79 Å². The van der Waals surface area contributed by atoms with E-state index in [1.165, 1.54) is 19.3 Å². The molecule has 1 aromatic carbocycles. The first-order chi connectivity index (χ1) is 14.5. The summed E-state index contributed by atoms with van der Waals surface area (Å²) in [7, 11) is 5.78. The Labute approximate surface area is 184 Å². The maximum atomic E-state index is 12.8. The van der Waals surface area contributed by atoms with Gasteiger partial charge in [0.05, 0.1) is 19.2 Å². The molecule has 0 atom stereocenters. The Kier molecular flexibility index (Phi) is 8.10. The SMILES string of the molecule is COc1ccc2cc(CN(C(=S)NCCCN(C)C)C3CCCCC3)c(=O)[nH]c2c1. The molecular formula is C23H34N4O2S. The summed E-state index contributed by atoms with van der Waals surface area (Å²) in [6, 6.07) is 8.13. The van der Waals surface area contributed by atoms with Gasteiger partial charge in [0.1, 0.15) is 5.75 Å². The average Bonchev–Trinajstić information content (AvgIpc) is 2.75. The third kappa shape index (κ3) is 5.95. The summed E-state index contributed by atoms with van der Waals surface area (Å²) in [5.41, 5.74) is 1.47. The summed E-state index contributed by atoms with van der Waals surface area (Å²) in [6.07, 6.45) is 7.01. The highest BCUT2D eigenvalue weighted by Gasteiger charge is 2.24. The van der Waals surface area contributed by atoms with Crippen LogP contribution in [0.2, 0.25) is 0 Å². The number of fused-ring (bicyclic) bond motifs is 1. The lowest BCUT2D eigenvalue weighted by atomic mass is 9.94. The first-order valence-corrected chi connectivity index (χ1v) is 11.3. The minimum absolute atomic E-state index is 0.0630. The molecule has 1 fully saturated rings. The van der Waals surface area contributed by atoms with Crippen molar-refractivity contribution in [3.05, 3.63) is 40.2 Å². The highest BCUT2D eigenvalue weighted by molar-refractivity contribution is 7.80. The predicted octanol–water partition coefficient (Wildman–Crippen LogP) is 3.50. The number of ether oxygens (including phenoxy) is 1. The molecule has 30 heavy (non-hydrogen) atoms. The fourth-order valence-corrected chi connectivity index (χ4v) is 4.42. The fourth-order valence-electron chi connectivity index (χ4n) is 4.10. The fraction of sp³-hybridized carbons (Fsp3) is 0.565. The van der Waals surface area contributed by atoms with E-state index in [1.54, 1.807) is 7.11 Å². The number of H-pyrrole nitrogens is 1. The second-order valence-corrected chi connectivity index (χ2v) is 8.77. The van der Waals surface area contributed by atoms with E-state index < -0.39 is 0 Å². The van der Waals surface area contributed by atoms with Gasteiger partial charge in [-0.2, -0.15) is 0 Å². The number of thiocarbonyl (C=S) groups is 1. The Morgan fingerprint density at radius 1 is 1.23 bits per heavy atom. The molecule has 1 aliphatic rings. The largest absolute Gasteiger partial charge is 0.497 e. The Bertz CT molecular complexity index is 906. The van der Waals surface area contributed by atoms with E-state index in [1.807, 2.05) is 24.3 Å². The maximum Gasteiger partial charge on any atom is 0.253 e. The molecule has 2 aromatic rings. The highest BCUT2D eigenvalue weighted by Crippen LogP contribution is 2.25. The Balaban J connectivity index is 1.78. The Morgan fingerprint density at radius 3 is 2.70 bits per heavy atom. The number of benzene rings is 1. The lowest BCUT2D eigenvalue weighted by Gasteiger charge is -2.36. The van der Waals surface area contributed by atoms with Crippen molar-refractivity contribution in [2.75, 3.05) is 34.3 Å². The summed E-state index contributed by atoms with van der Waals surface area (Å²) in [5.74, 6) is 0.734. The van der Waals surface area contributed by atoms with Gasteiger partial charge in [-0.3, -0.25) is 4.79 Å². The van der Waals surface area contributed by atoms with Crippen LogP contribution in [0.1, 0.15) is 44.1 Å². The topological polar surface area (TPSA) is 60.6 Å². The molecule has 0 aliphatic heterocycles. The molecule has 1 heterocycles. The first kappa shape index (κ1) is 22.6. The van der Waals surface area contributed by atoms with Crippen molar-refractivity contribution >= 4 is 28.2 Å². The second-order valence-electron chi connectivity index (χ2n) is 8.39. The van der Waals surface area contributed by atoms with Crippen LogP contribution in [0, 0.1) is 0 Å². The van der Waals surface area contributed by atoms with Crippen LogP contribution in [0.5, 0.6) is 5.75 Å². The van der Waals surface area contributed by atoms with Gasteiger partial charge in [-0.05, 0) is 75.7 Å². The van der Waals surface area contributed by atoms with Crippen LogP contribution in [-0.2, 0) is 6.54 Å². The molecule has 1 aliphatic carbocycles. The number of pyridine rings is 1. The van der Waals surface area contributed by atoms with E-state index in [2.05, 4.69) is 34.2 Å². The zero-order valence-electron chi connectivity index (χ0n) is 18.4. The third-order valence-corrected chi connectivity index (χ3v) is 6.18. The van der Waals surface area contributed by atoms with Crippen LogP contribution in [0.3, 0.4) is 0 Å². The molecule has 3 rings (SSSR count). The van der Waals surface area contributed by atoms with E-state index in [0.29, 0.717) is 12.6 Å². The van der Waals surface area contributed by atoms with Gasteiger partial charge < -0.3 is 24.8 Å². The van der Waals surface area contributed by atoms with E-state index in [0.717, 1.165) is 59.7 Å². The van der Waals surface area contributed by atoms with Crippen molar-refractivity contribution in [2.45, 2.75) is 51.1 Å². The number of rotatable bonds is 8. The van der Waals surface area contributed by atoms with E-state index in [4.69, 9.17) is 17.0 Å². The van der Waals surface area contributed by atoms with Crippen LogP contribution in [0.15, 0.2) is 29.1 Å². The quantitative estimate of drug-likeness (QED) is 0.494. The molecule has 164 valence electrons. The van der Waals surface area contributed by atoms with Crippen LogP contribution < -0.4 is 15.6 Å². The minimum Gasteiger partial charge on any atom is -0.497 e. The van der Waals surface area contributed by atoms with E-state index >= 15 is 0 Å². The van der Waals surface area contributed by atoms with Gasteiger partial charge in [-0.1, -0.05) is 19.3 Å². The first-order valence-electron chi connectivity index (χ1n) is 10.9. The van der Waals surface area contributed by atoms with Crippen molar-refractivity contribution in [1.29, 1.82) is 0 Å². The number of nitrogens with one attached hydrogen (secondary N) is 2. The van der Waals surface area contributed by atoms with Gasteiger partial charge in [0.15, 0.2) is 5.11 Å². The number of aromatic amines is 1. The van der Waals surface area contributed by atoms with Gasteiger partial charge in [-0.15, -0.1) is 0 Å². The molecule has 1 aromatic heterocycles. The van der Waals surface area contributed by atoms with E-state index in [-0.39, 0.29) is 5.56 Å².